The molecule has 3 heterocycles. The molecule has 0 aliphatic heterocycles. The highest BCUT2D eigenvalue weighted by atomic mass is 15.2. The SMILES string of the molecule is c1ccc(-c2cccc(-c3ccc(-c4ccccc4)c(-n4c5ccccc5c5cc6c7ccccc7n(-c7nc(-c8ccccc8)nc(-c8ccccc8)n7)c6cc54)c3)c2)cc1. The van der Waals surface area contributed by atoms with Crippen molar-refractivity contribution in [1.82, 2.24) is 24.1 Å². The number of nitrogens with zero attached hydrogens (tertiary/aromatic N) is 5. The fourth-order valence-corrected chi connectivity index (χ4v) is 9.07. The Kier molecular flexibility index (Phi) is 8.42. The van der Waals surface area contributed by atoms with Crippen LogP contribution in [0, 0.1) is 0 Å². The lowest BCUT2D eigenvalue weighted by atomic mass is 9.95. The zero-order chi connectivity index (χ0) is 41.0. The van der Waals surface area contributed by atoms with Gasteiger partial charge in [-0.1, -0.05) is 188 Å². The van der Waals surface area contributed by atoms with Crippen LogP contribution in [0.3, 0.4) is 0 Å². The number of hydrogen-bond acceptors (Lipinski definition) is 3. The quantitative estimate of drug-likeness (QED) is 0.162. The van der Waals surface area contributed by atoms with Gasteiger partial charge in [0.1, 0.15) is 0 Å². The molecule has 0 saturated heterocycles. The fourth-order valence-electron chi connectivity index (χ4n) is 9.07. The minimum atomic E-state index is 0.566. The van der Waals surface area contributed by atoms with Crippen LogP contribution in [0.5, 0.6) is 0 Å². The van der Waals surface area contributed by atoms with Crippen LogP contribution in [0.4, 0.5) is 0 Å². The van der Waals surface area contributed by atoms with Gasteiger partial charge >= 0.3 is 0 Å². The van der Waals surface area contributed by atoms with Gasteiger partial charge in [-0.05, 0) is 64.2 Å². The normalized spacial score (nSPS) is 11.5. The van der Waals surface area contributed by atoms with Gasteiger partial charge in [0.2, 0.25) is 5.95 Å². The average Bonchev–Trinajstić information content (AvgIpc) is 3.86. The van der Waals surface area contributed by atoms with E-state index in [0.717, 1.165) is 71.9 Å². The highest BCUT2D eigenvalue weighted by Crippen LogP contribution is 2.42. The van der Waals surface area contributed by atoms with Gasteiger partial charge in [0.05, 0.1) is 27.8 Å². The largest absolute Gasteiger partial charge is 0.309 e. The monoisotopic (exact) mass is 791 g/mol. The first-order valence-electron chi connectivity index (χ1n) is 20.9. The number of para-hydroxylation sites is 2. The van der Waals surface area contributed by atoms with E-state index in [2.05, 4.69) is 197 Å². The van der Waals surface area contributed by atoms with E-state index in [4.69, 9.17) is 15.0 Å². The van der Waals surface area contributed by atoms with Crippen LogP contribution in [0.15, 0.2) is 224 Å². The van der Waals surface area contributed by atoms with E-state index in [-0.39, 0.29) is 0 Å². The second kappa shape index (κ2) is 14.7. The average molecular weight is 792 g/mol. The number of fused-ring (bicyclic) bond motifs is 6. The van der Waals surface area contributed by atoms with Gasteiger partial charge in [0.15, 0.2) is 11.6 Å². The Hall–Kier alpha value is -8.41. The standard InChI is InChI=1S/C57H37N5/c1-5-18-38(19-6-1)42-26-17-27-43(34-42)44-32-33-45(39-20-7-2-8-21-39)52(35-44)61-50-30-15-13-28-46(50)48-36-49-47-29-14-16-31-51(47)62(54(49)37-53(48)61)57-59-55(40-22-9-3-10-23-40)58-56(60-57)41-24-11-4-12-25-41/h1-37H. The Morgan fingerprint density at radius 3 is 1.31 bits per heavy atom. The smallest absolute Gasteiger partial charge is 0.238 e. The molecule has 0 aliphatic carbocycles. The van der Waals surface area contributed by atoms with Crippen molar-refractivity contribution < 1.29 is 0 Å². The summed E-state index contributed by atoms with van der Waals surface area (Å²) in [5, 5.41) is 4.63. The maximum absolute atomic E-state index is 5.24. The van der Waals surface area contributed by atoms with Gasteiger partial charge < -0.3 is 4.57 Å². The van der Waals surface area contributed by atoms with Gasteiger partial charge in [-0.25, -0.2) is 4.98 Å². The molecule has 12 rings (SSSR count). The van der Waals surface area contributed by atoms with Crippen LogP contribution in [-0.4, -0.2) is 24.1 Å². The van der Waals surface area contributed by atoms with Gasteiger partial charge in [0, 0.05) is 38.2 Å². The van der Waals surface area contributed by atoms with E-state index in [9.17, 15) is 0 Å². The molecule has 0 bridgehead atoms. The van der Waals surface area contributed by atoms with Crippen molar-refractivity contribution in [3.05, 3.63) is 224 Å². The molecule has 5 heteroatoms. The first kappa shape index (κ1) is 35.5. The predicted molar refractivity (Wildman–Crippen MR) is 256 cm³/mol. The maximum Gasteiger partial charge on any atom is 0.238 e. The summed E-state index contributed by atoms with van der Waals surface area (Å²) in [6.45, 7) is 0. The topological polar surface area (TPSA) is 48.5 Å². The molecule has 0 fully saturated rings. The number of benzene rings is 9. The van der Waals surface area contributed by atoms with Crippen molar-refractivity contribution in [2.45, 2.75) is 0 Å². The van der Waals surface area contributed by atoms with Gasteiger partial charge in [-0.2, -0.15) is 9.97 Å². The summed E-state index contributed by atoms with van der Waals surface area (Å²) in [5.74, 6) is 1.81. The first-order chi connectivity index (χ1) is 30.7. The molecule has 3 aromatic heterocycles. The summed E-state index contributed by atoms with van der Waals surface area (Å²) in [6.07, 6.45) is 0. The molecule has 0 N–H and O–H groups in total. The van der Waals surface area contributed by atoms with Crippen molar-refractivity contribution in [2.75, 3.05) is 0 Å². The molecule has 12 aromatic rings. The van der Waals surface area contributed by atoms with Crippen LogP contribution in [0.2, 0.25) is 0 Å². The third-order valence-electron chi connectivity index (χ3n) is 12.0. The van der Waals surface area contributed by atoms with Crippen LogP contribution >= 0.6 is 0 Å². The summed E-state index contributed by atoms with van der Waals surface area (Å²) in [5.41, 5.74) is 14.2. The molecule has 290 valence electrons. The number of hydrogen-bond donors (Lipinski definition) is 0. The van der Waals surface area contributed by atoms with Crippen LogP contribution in [-0.2, 0) is 0 Å². The second-order valence-electron chi connectivity index (χ2n) is 15.7. The summed E-state index contributed by atoms with van der Waals surface area (Å²) in [6, 6.07) is 79.5. The van der Waals surface area contributed by atoms with E-state index in [1.54, 1.807) is 0 Å². The lowest BCUT2D eigenvalue weighted by Gasteiger charge is -2.17. The zero-order valence-electron chi connectivity index (χ0n) is 33.6. The second-order valence-corrected chi connectivity index (χ2v) is 15.7. The molecule has 0 atom stereocenters. The van der Waals surface area contributed by atoms with Crippen molar-refractivity contribution in [3.8, 4) is 67.8 Å². The highest BCUT2D eigenvalue weighted by molar-refractivity contribution is 6.19. The Balaban J connectivity index is 1.15. The Morgan fingerprint density at radius 1 is 0.258 bits per heavy atom. The number of aromatic nitrogens is 5. The van der Waals surface area contributed by atoms with Gasteiger partial charge in [0.25, 0.3) is 0 Å². The molecule has 5 nitrogen and oxygen atoms in total. The predicted octanol–water partition coefficient (Wildman–Crippen LogP) is 14.4. The minimum absolute atomic E-state index is 0.566. The van der Waals surface area contributed by atoms with E-state index in [1.807, 2.05) is 36.4 Å². The Bertz CT molecular complexity index is 3550. The molecule has 0 unspecified atom stereocenters. The lowest BCUT2D eigenvalue weighted by molar-refractivity contribution is 0.953. The molecule has 0 aliphatic rings. The fraction of sp³-hybridized carbons (Fsp3) is 0. The third kappa shape index (κ3) is 5.98. The van der Waals surface area contributed by atoms with Crippen molar-refractivity contribution in [2.24, 2.45) is 0 Å². The van der Waals surface area contributed by atoms with Crippen LogP contribution < -0.4 is 0 Å². The first-order valence-corrected chi connectivity index (χ1v) is 20.9. The van der Waals surface area contributed by atoms with Crippen molar-refractivity contribution in [3.63, 3.8) is 0 Å². The van der Waals surface area contributed by atoms with Crippen molar-refractivity contribution >= 4 is 43.6 Å². The van der Waals surface area contributed by atoms with Crippen LogP contribution in [0.1, 0.15) is 0 Å². The Labute approximate surface area is 358 Å². The molecular weight excluding hydrogens is 755 g/mol. The summed E-state index contributed by atoms with van der Waals surface area (Å²) in [7, 11) is 0. The van der Waals surface area contributed by atoms with E-state index >= 15 is 0 Å². The van der Waals surface area contributed by atoms with Crippen LogP contribution in [0.25, 0.3) is 111 Å². The molecule has 0 saturated carbocycles. The number of rotatable bonds is 7. The van der Waals surface area contributed by atoms with E-state index in [0.29, 0.717) is 17.6 Å². The van der Waals surface area contributed by atoms with Gasteiger partial charge in [-0.15, -0.1) is 0 Å². The maximum atomic E-state index is 5.24. The van der Waals surface area contributed by atoms with E-state index in [1.165, 1.54) is 21.9 Å². The minimum Gasteiger partial charge on any atom is -0.309 e. The summed E-state index contributed by atoms with van der Waals surface area (Å²) < 4.78 is 4.67. The summed E-state index contributed by atoms with van der Waals surface area (Å²) >= 11 is 0. The molecule has 62 heavy (non-hydrogen) atoms. The zero-order valence-corrected chi connectivity index (χ0v) is 33.6. The molecule has 0 radical (unpaired) electrons. The lowest BCUT2D eigenvalue weighted by Crippen LogP contribution is -2.06. The van der Waals surface area contributed by atoms with Crippen molar-refractivity contribution in [1.29, 1.82) is 0 Å². The molecule has 9 aromatic carbocycles. The Morgan fingerprint density at radius 2 is 0.710 bits per heavy atom. The molecule has 0 amide bonds. The molecular formula is C57H37N5. The highest BCUT2D eigenvalue weighted by Gasteiger charge is 2.22. The van der Waals surface area contributed by atoms with Gasteiger partial charge in [-0.3, -0.25) is 4.57 Å². The summed E-state index contributed by atoms with van der Waals surface area (Å²) in [4.78, 5) is 15.5. The third-order valence-corrected chi connectivity index (χ3v) is 12.0. The molecule has 0 spiro atoms. The van der Waals surface area contributed by atoms with E-state index < -0.39 is 0 Å².